The minimum atomic E-state index is -1.15. The number of carboxylic acids is 2. The van der Waals surface area contributed by atoms with E-state index in [1.165, 1.54) is 6.42 Å². The molecule has 0 saturated heterocycles. The minimum absolute atomic E-state index is 0.165. The molecule has 0 aromatic rings. The minimum Gasteiger partial charge on any atom is -0.481 e. The number of aliphatic carboxylic acids is 2. The molecule has 0 aliphatic heterocycles. The standard InChI is InChI=1S/C19H34O4/c1-13(2)11-19(18(22)23,12-14(3)4)16(17(20)21)10-15-8-6-5-7-9-15/h13-16H,5-12H2,1-4H3,(H,20,21)(H,22,23). The lowest BCUT2D eigenvalue weighted by atomic mass is 9.62. The Morgan fingerprint density at radius 1 is 0.957 bits per heavy atom. The third-order valence-electron chi connectivity index (χ3n) is 5.23. The number of carbonyl (C=O) groups is 2. The van der Waals surface area contributed by atoms with Crippen molar-refractivity contribution in [1.82, 2.24) is 0 Å². The molecule has 1 rings (SSSR count). The highest BCUT2D eigenvalue weighted by molar-refractivity contribution is 5.83. The van der Waals surface area contributed by atoms with E-state index in [4.69, 9.17) is 0 Å². The second-order valence-electron chi connectivity index (χ2n) is 8.29. The Hall–Kier alpha value is -1.06. The lowest BCUT2D eigenvalue weighted by molar-refractivity contribution is -0.167. The molecule has 1 fully saturated rings. The van der Waals surface area contributed by atoms with Crippen molar-refractivity contribution in [3.8, 4) is 0 Å². The van der Waals surface area contributed by atoms with E-state index in [0.29, 0.717) is 25.2 Å². The van der Waals surface area contributed by atoms with Crippen LogP contribution in [-0.4, -0.2) is 22.2 Å². The normalized spacial score (nSPS) is 18.3. The van der Waals surface area contributed by atoms with Gasteiger partial charge >= 0.3 is 11.9 Å². The summed E-state index contributed by atoms with van der Waals surface area (Å²) in [5, 5.41) is 19.9. The van der Waals surface area contributed by atoms with Crippen molar-refractivity contribution >= 4 is 11.9 Å². The van der Waals surface area contributed by atoms with E-state index < -0.39 is 23.3 Å². The fraction of sp³-hybridized carbons (Fsp3) is 0.895. The van der Waals surface area contributed by atoms with Crippen LogP contribution in [0.5, 0.6) is 0 Å². The zero-order chi connectivity index (χ0) is 17.6. The van der Waals surface area contributed by atoms with Crippen LogP contribution in [0.1, 0.15) is 79.1 Å². The van der Waals surface area contributed by atoms with Crippen LogP contribution in [-0.2, 0) is 9.59 Å². The highest BCUT2D eigenvalue weighted by Gasteiger charge is 2.50. The van der Waals surface area contributed by atoms with Gasteiger partial charge in [-0.25, -0.2) is 0 Å². The Kier molecular flexibility index (Phi) is 7.56. The van der Waals surface area contributed by atoms with Gasteiger partial charge in [-0.1, -0.05) is 59.8 Å². The smallest absolute Gasteiger partial charge is 0.310 e. The molecule has 0 amide bonds. The molecule has 0 aromatic heterocycles. The van der Waals surface area contributed by atoms with E-state index in [-0.39, 0.29) is 11.8 Å². The predicted octanol–water partition coefficient (Wildman–Crippen LogP) is 4.82. The first-order chi connectivity index (χ1) is 10.7. The average molecular weight is 326 g/mol. The third-order valence-corrected chi connectivity index (χ3v) is 5.23. The van der Waals surface area contributed by atoms with Crippen LogP contribution >= 0.6 is 0 Å². The first kappa shape index (κ1) is 20.0. The van der Waals surface area contributed by atoms with Gasteiger partial charge in [-0.15, -0.1) is 0 Å². The number of rotatable bonds is 9. The summed E-state index contributed by atoms with van der Waals surface area (Å²) in [4.78, 5) is 24.2. The van der Waals surface area contributed by atoms with Crippen LogP contribution in [0.25, 0.3) is 0 Å². The van der Waals surface area contributed by atoms with Crippen LogP contribution in [0.3, 0.4) is 0 Å². The highest BCUT2D eigenvalue weighted by atomic mass is 16.4. The Balaban J connectivity index is 3.13. The van der Waals surface area contributed by atoms with Crippen LogP contribution in [0, 0.1) is 29.1 Å². The fourth-order valence-corrected chi connectivity index (χ4v) is 4.47. The molecule has 1 aliphatic rings. The summed E-state index contributed by atoms with van der Waals surface area (Å²) in [6.07, 6.45) is 6.98. The van der Waals surface area contributed by atoms with Crippen LogP contribution in [0.2, 0.25) is 0 Å². The monoisotopic (exact) mass is 326 g/mol. The quantitative estimate of drug-likeness (QED) is 0.637. The second-order valence-corrected chi connectivity index (χ2v) is 8.29. The van der Waals surface area contributed by atoms with E-state index in [9.17, 15) is 19.8 Å². The molecule has 4 heteroatoms. The number of carboxylic acid groups (broad SMARTS) is 2. The summed E-state index contributed by atoms with van der Waals surface area (Å²) in [5.74, 6) is -1.95. The SMILES string of the molecule is CC(C)CC(CC(C)C)(C(=O)O)C(CC1CCCCC1)C(=O)O. The zero-order valence-electron chi connectivity index (χ0n) is 15.2. The topological polar surface area (TPSA) is 74.6 Å². The lowest BCUT2D eigenvalue weighted by Gasteiger charge is -2.39. The van der Waals surface area contributed by atoms with E-state index >= 15 is 0 Å². The molecule has 0 heterocycles. The van der Waals surface area contributed by atoms with E-state index in [1.807, 2.05) is 27.7 Å². The van der Waals surface area contributed by atoms with Gasteiger partial charge in [0, 0.05) is 0 Å². The highest BCUT2D eigenvalue weighted by Crippen LogP contribution is 2.45. The summed E-state index contributed by atoms with van der Waals surface area (Å²) in [6.45, 7) is 7.93. The van der Waals surface area contributed by atoms with Crippen molar-refractivity contribution in [2.45, 2.75) is 79.1 Å². The third kappa shape index (κ3) is 5.50. The van der Waals surface area contributed by atoms with Crippen molar-refractivity contribution in [3.63, 3.8) is 0 Å². The van der Waals surface area contributed by atoms with Gasteiger partial charge in [0.05, 0.1) is 11.3 Å². The average Bonchev–Trinajstić information content (AvgIpc) is 2.43. The Labute approximate surface area is 140 Å². The molecule has 1 aliphatic carbocycles. The van der Waals surface area contributed by atoms with E-state index in [1.54, 1.807) is 0 Å². The van der Waals surface area contributed by atoms with E-state index in [2.05, 4.69) is 0 Å². The number of hydrogen-bond donors (Lipinski definition) is 2. The van der Waals surface area contributed by atoms with Crippen molar-refractivity contribution in [3.05, 3.63) is 0 Å². The lowest BCUT2D eigenvalue weighted by Crippen LogP contribution is -2.45. The fourth-order valence-electron chi connectivity index (χ4n) is 4.47. The van der Waals surface area contributed by atoms with Gasteiger partial charge in [-0.2, -0.15) is 0 Å². The summed E-state index contributed by atoms with van der Waals surface area (Å²) in [6, 6.07) is 0. The molecule has 0 spiro atoms. The Morgan fingerprint density at radius 3 is 1.78 bits per heavy atom. The molecule has 0 aromatic carbocycles. The van der Waals surface area contributed by atoms with E-state index in [0.717, 1.165) is 25.7 Å². The van der Waals surface area contributed by atoms with Gasteiger partial charge in [-0.3, -0.25) is 9.59 Å². The van der Waals surface area contributed by atoms with Gasteiger partial charge in [0.1, 0.15) is 0 Å². The van der Waals surface area contributed by atoms with Gasteiger partial charge in [-0.05, 0) is 37.0 Å². The molecule has 1 unspecified atom stereocenters. The molecule has 0 bridgehead atoms. The van der Waals surface area contributed by atoms with Crippen molar-refractivity contribution in [2.24, 2.45) is 29.1 Å². The maximum atomic E-state index is 12.2. The Bertz CT molecular complexity index is 384. The maximum Gasteiger partial charge on any atom is 0.310 e. The van der Waals surface area contributed by atoms with Crippen molar-refractivity contribution in [1.29, 1.82) is 0 Å². The predicted molar refractivity (Wildman–Crippen MR) is 91.3 cm³/mol. The molecule has 4 nitrogen and oxygen atoms in total. The van der Waals surface area contributed by atoms with Gasteiger partial charge in [0.25, 0.3) is 0 Å². The van der Waals surface area contributed by atoms with Crippen molar-refractivity contribution in [2.75, 3.05) is 0 Å². The first-order valence-corrected chi connectivity index (χ1v) is 9.15. The largest absolute Gasteiger partial charge is 0.481 e. The van der Waals surface area contributed by atoms with Crippen molar-refractivity contribution < 1.29 is 19.8 Å². The van der Waals surface area contributed by atoms with Gasteiger partial charge in [0.15, 0.2) is 0 Å². The van der Waals surface area contributed by atoms with Gasteiger partial charge < -0.3 is 10.2 Å². The first-order valence-electron chi connectivity index (χ1n) is 9.15. The summed E-state index contributed by atoms with van der Waals surface area (Å²) in [5.41, 5.74) is -1.15. The Morgan fingerprint density at radius 2 is 1.43 bits per heavy atom. The van der Waals surface area contributed by atoms with Crippen LogP contribution < -0.4 is 0 Å². The van der Waals surface area contributed by atoms with Gasteiger partial charge in [0.2, 0.25) is 0 Å². The molecule has 0 radical (unpaired) electrons. The summed E-state index contributed by atoms with van der Waals surface area (Å²) >= 11 is 0. The molecule has 1 atom stereocenters. The molecule has 23 heavy (non-hydrogen) atoms. The summed E-state index contributed by atoms with van der Waals surface area (Å²) in [7, 11) is 0. The molecule has 1 saturated carbocycles. The maximum absolute atomic E-state index is 12.2. The molecule has 134 valence electrons. The second kappa shape index (κ2) is 8.70. The van der Waals surface area contributed by atoms with Crippen LogP contribution in [0.4, 0.5) is 0 Å². The zero-order valence-corrected chi connectivity index (χ0v) is 15.2. The molecular weight excluding hydrogens is 292 g/mol. The number of hydrogen-bond acceptors (Lipinski definition) is 2. The molecule has 2 N–H and O–H groups in total. The summed E-state index contributed by atoms with van der Waals surface area (Å²) < 4.78 is 0. The van der Waals surface area contributed by atoms with Crippen LogP contribution in [0.15, 0.2) is 0 Å². The molecular formula is C19H34O4.